The second-order valence-corrected chi connectivity index (χ2v) is 14.5. The van der Waals surface area contributed by atoms with Gasteiger partial charge in [0.2, 0.25) is 0 Å². The Bertz CT molecular complexity index is 635. The lowest BCUT2D eigenvalue weighted by Gasteiger charge is -2.44. The Labute approximate surface area is 169 Å². The minimum atomic E-state index is -2.42. The predicted molar refractivity (Wildman–Crippen MR) is 117 cm³/mol. The van der Waals surface area contributed by atoms with Crippen LogP contribution in [-0.4, -0.2) is 24.1 Å². The van der Waals surface area contributed by atoms with Gasteiger partial charge in [0.15, 0.2) is 0 Å². The molecule has 1 aliphatic rings. The van der Waals surface area contributed by atoms with E-state index in [4.69, 9.17) is 4.43 Å². The Balaban J connectivity index is 2.12. The maximum Gasteiger partial charge on any atom is 0.261 e. The summed E-state index contributed by atoms with van der Waals surface area (Å²) in [5.41, 5.74) is 0. The first-order valence-corrected chi connectivity index (χ1v) is 12.7. The number of hydrogen-bond acceptors (Lipinski definition) is 1. The Morgan fingerprint density at radius 2 is 1.20 bits per heavy atom. The predicted octanol–water partition coefficient (Wildman–Crippen LogP) is 5.25. The average Bonchev–Trinajstić information content (AvgIpc) is 2.91. The van der Waals surface area contributed by atoms with Crippen LogP contribution in [0, 0.1) is 0 Å². The van der Waals surface area contributed by atoms with Crippen molar-refractivity contribution in [3.8, 4) is 0 Å². The SMILES string of the molecule is CC(C)(C)[Si](OC1C[C@@H](Br)[C@H](Br)C1)(c1ccccc1)c1ccccc1. The van der Waals surface area contributed by atoms with E-state index in [9.17, 15) is 0 Å². The van der Waals surface area contributed by atoms with Gasteiger partial charge in [0.25, 0.3) is 8.32 Å². The number of alkyl halides is 2. The topological polar surface area (TPSA) is 9.23 Å². The highest BCUT2D eigenvalue weighted by Gasteiger charge is 2.52. The molecule has 0 aliphatic heterocycles. The standard InChI is InChI=1S/C21H26Br2OSi/c1-21(2,3)25(17-10-6-4-7-11-17,18-12-8-5-9-13-18)24-16-14-19(22)20(23)15-16/h4-13,16,19-20H,14-15H2,1-3H3/t19-,20-/m1/s1. The molecule has 25 heavy (non-hydrogen) atoms. The molecule has 1 aliphatic carbocycles. The maximum absolute atomic E-state index is 7.16. The van der Waals surface area contributed by atoms with Gasteiger partial charge in [-0.3, -0.25) is 0 Å². The van der Waals surface area contributed by atoms with E-state index in [-0.39, 0.29) is 11.1 Å². The van der Waals surface area contributed by atoms with E-state index in [1.54, 1.807) is 0 Å². The molecule has 0 radical (unpaired) electrons. The van der Waals surface area contributed by atoms with E-state index in [1.165, 1.54) is 10.4 Å². The van der Waals surface area contributed by atoms with Crippen molar-refractivity contribution in [2.75, 3.05) is 0 Å². The highest BCUT2D eigenvalue weighted by molar-refractivity contribution is 9.12. The highest BCUT2D eigenvalue weighted by Crippen LogP contribution is 2.41. The smallest absolute Gasteiger partial charge is 0.261 e. The molecule has 1 saturated carbocycles. The minimum Gasteiger partial charge on any atom is -0.404 e. The Kier molecular flexibility index (Phi) is 5.94. The fourth-order valence-electron chi connectivity index (χ4n) is 3.93. The summed E-state index contributed by atoms with van der Waals surface area (Å²) in [4.78, 5) is 0.964. The molecular weight excluding hydrogens is 456 g/mol. The quantitative estimate of drug-likeness (QED) is 0.427. The van der Waals surface area contributed by atoms with Crippen molar-refractivity contribution in [1.82, 2.24) is 0 Å². The number of benzene rings is 2. The summed E-state index contributed by atoms with van der Waals surface area (Å²) in [5, 5.41) is 2.76. The van der Waals surface area contributed by atoms with Crippen LogP contribution in [-0.2, 0) is 4.43 Å². The normalized spacial score (nSPS) is 22.3. The van der Waals surface area contributed by atoms with Crippen LogP contribution in [0.25, 0.3) is 0 Å². The van der Waals surface area contributed by atoms with Crippen LogP contribution in [0.4, 0.5) is 0 Å². The van der Waals surface area contributed by atoms with Crippen LogP contribution >= 0.6 is 31.9 Å². The first-order valence-electron chi connectivity index (χ1n) is 8.91. The summed E-state index contributed by atoms with van der Waals surface area (Å²) >= 11 is 7.61. The summed E-state index contributed by atoms with van der Waals surface area (Å²) in [6, 6.07) is 21.8. The lowest BCUT2D eigenvalue weighted by Crippen LogP contribution is -2.67. The molecule has 0 heterocycles. The molecule has 2 aromatic carbocycles. The Morgan fingerprint density at radius 3 is 1.56 bits per heavy atom. The molecule has 0 spiro atoms. The van der Waals surface area contributed by atoms with E-state index in [0.29, 0.717) is 9.65 Å². The molecule has 0 saturated heterocycles. The summed E-state index contributed by atoms with van der Waals surface area (Å²) in [7, 11) is -2.42. The van der Waals surface area contributed by atoms with Gasteiger partial charge in [0.1, 0.15) is 0 Å². The summed E-state index contributed by atoms with van der Waals surface area (Å²) in [6.45, 7) is 7.02. The van der Waals surface area contributed by atoms with Crippen LogP contribution in [0.3, 0.4) is 0 Å². The van der Waals surface area contributed by atoms with Gasteiger partial charge in [-0.25, -0.2) is 0 Å². The molecule has 134 valence electrons. The second-order valence-electron chi connectivity index (χ2n) is 7.91. The van der Waals surface area contributed by atoms with E-state index < -0.39 is 8.32 Å². The first-order chi connectivity index (χ1) is 11.8. The van der Waals surface area contributed by atoms with Crippen LogP contribution in [0.15, 0.2) is 60.7 Å². The molecule has 0 bridgehead atoms. The zero-order valence-electron chi connectivity index (χ0n) is 15.1. The monoisotopic (exact) mass is 480 g/mol. The third-order valence-electron chi connectivity index (χ3n) is 5.13. The fraction of sp³-hybridized carbons (Fsp3) is 0.429. The first kappa shape index (κ1) is 19.3. The molecule has 1 nitrogen and oxygen atoms in total. The van der Waals surface area contributed by atoms with Crippen molar-refractivity contribution in [2.45, 2.75) is 54.4 Å². The van der Waals surface area contributed by atoms with Gasteiger partial charge in [-0.15, -0.1) is 0 Å². The highest BCUT2D eigenvalue weighted by atomic mass is 79.9. The third kappa shape index (κ3) is 3.82. The van der Waals surface area contributed by atoms with Crippen molar-refractivity contribution in [3.63, 3.8) is 0 Å². The lowest BCUT2D eigenvalue weighted by atomic mass is 10.2. The van der Waals surface area contributed by atoms with Gasteiger partial charge >= 0.3 is 0 Å². The van der Waals surface area contributed by atoms with Crippen molar-refractivity contribution in [2.24, 2.45) is 0 Å². The molecule has 0 aromatic heterocycles. The molecule has 2 aromatic rings. The summed E-state index contributed by atoms with van der Waals surface area (Å²) < 4.78 is 7.16. The van der Waals surface area contributed by atoms with Crippen molar-refractivity contribution in [1.29, 1.82) is 0 Å². The van der Waals surface area contributed by atoms with Crippen LogP contribution in [0.1, 0.15) is 33.6 Å². The summed E-state index contributed by atoms with van der Waals surface area (Å²) in [5.74, 6) is 0. The molecule has 0 N–H and O–H groups in total. The number of rotatable bonds is 4. The number of hydrogen-bond donors (Lipinski definition) is 0. The molecular formula is C21H26Br2OSi. The Hall–Kier alpha value is -0.423. The third-order valence-corrected chi connectivity index (χ3v) is 13.0. The van der Waals surface area contributed by atoms with Crippen LogP contribution < -0.4 is 10.4 Å². The fourth-order valence-corrected chi connectivity index (χ4v) is 9.90. The van der Waals surface area contributed by atoms with Crippen molar-refractivity contribution < 1.29 is 4.43 Å². The molecule has 0 amide bonds. The maximum atomic E-state index is 7.16. The lowest BCUT2D eigenvalue weighted by molar-refractivity contribution is 0.196. The largest absolute Gasteiger partial charge is 0.404 e. The molecule has 4 heteroatoms. The number of halogens is 2. The van der Waals surface area contributed by atoms with Gasteiger partial charge in [0.05, 0.1) is 0 Å². The van der Waals surface area contributed by atoms with E-state index >= 15 is 0 Å². The van der Waals surface area contributed by atoms with Crippen molar-refractivity contribution >= 4 is 50.6 Å². The molecule has 1 fully saturated rings. The summed E-state index contributed by atoms with van der Waals surface area (Å²) in [6.07, 6.45) is 2.39. The minimum absolute atomic E-state index is 0.0436. The van der Waals surface area contributed by atoms with Gasteiger partial charge in [-0.2, -0.15) is 0 Å². The Morgan fingerprint density at radius 1 is 0.800 bits per heavy atom. The van der Waals surface area contributed by atoms with Crippen molar-refractivity contribution in [3.05, 3.63) is 60.7 Å². The molecule has 2 atom stereocenters. The van der Waals surface area contributed by atoms with E-state index in [1.807, 2.05) is 0 Å². The average molecular weight is 482 g/mol. The zero-order chi connectivity index (χ0) is 18.1. The van der Waals surface area contributed by atoms with Gasteiger partial charge in [-0.05, 0) is 28.3 Å². The van der Waals surface area contributed by atoms with Crippen LogP contribution in [0.5, 0.6) is 0 Å². The van der Waals surface area contributed by atoms with Gasteiger partial charge in [-0.1, -0.05) is 113 Å². The zero-order valence-corrected chi connectivity index (χ0v) is 19.3. The van der Waals surface area contributed by atoms with Crippen LogP contribution in [0.2, 0.25) is 5.04 Å². The van der Waals surface area contributed by atoms with E-state index in [0.717, 1.165) is 12.8 Å². The van der Waals surface area contributed by atoms with Gasteiger partial charge in [0, 0.05) is 15.8 Å². The van der Waals surface area contributed by atoms with Gasteiger partial charge < -0.3 is 4.43 Å². The molecule has 0 unspecified atom stereocenters. The van der Waals surface area contributed by atoms with E-state index in [2.05, 4.69) is 113 Å². The molecule has 3 rings (SSSR count). The second kappa shape index (κ2) is 7.67.